The van der Waals surface area contributed by atoms with E-state index in [2.05, 4.69) is 25.1 Å². The van der Waals surface area contributed by atoms with Crippen molar-refractivity contribution >= 4 is 23.2 Å². The Morgan fingerprint density at radius 3 is 2.33 bits per heavy atom. The number of hydrogen-bond acceptors (Lipinski definition) is 6. The van der Waals surface area contributed by atoms with Crippen molar-refractivity contribution in [2.45, 2.75) is 71.1 Å². The number of hydrogen-bond donors (Lipinski definition) is 0. The molecule has 2 aromatic carbocycles. The maximum atomic E-state index is 13.0. The Morgan fingerprint density at radius 2 is 1.73 bits per heavy atom. The molecule has 0 fully saturated rings. The molecule has 0 saturated heterocycles. The normalized spacial score (nSPS) is 16.5. The van der Waals surface area contributed by atoms with Gasteiger partial charge in [-0.2, -0.15) is 0 Å². The topological polar surface area (TPSA) is 98.9 Å². The number of carbonyl (C=O) groups excluding carboxylic acids is 2. The number of non-ortho nitro benzene ring substituents is 1. The minimum Gasteiger partial charge on any atom is -0.318 e. The molecule has 172 valence electrons. The van der Waals surface area contributed by atoms with Crippen molar-refractivity contribution < 1.29 is 19.3 Å². The highest BCUT2D eigenvalue weighted by Gasteiger charge is 2.44. The van der Waals surface area contributed by atoms with Gasteiger partial charge in [-0.15, -0.1) is 0 Å². The molecule has 0 amide bonds. The molecule has 0 N–H and O–H groups in total. The number of benzene rings is 2. The average molecular weight is 449 g/mol. The van der Waals surface area contributed by atoms with E-state index in [9.17, 15) is 19.7 Å². The second kappa shape index (κ2) is 8.89. The Bertz CT molecular complexity index is 1170. The van der Waals surface area contributed by atoms with Crippen LogP contribution in [0.4, 0.5) is 5.69 Å². The van der Waals surface area contributed by atoms with Crippen LogP contribution in [0.5, 0.6) is 0 Å². The van der Waals surface area contributed by atoms with E-state index in [4.69, 9.17) is 4.84 Å². The van der Waals surface area contributed by atoms with Gasteiger partial charge in [-0.25, -0.2) is 4.79 Å². The fourth-order valence-corrected chi connectivity index (χ4v) is 5.27. The first kappa shape index (κ1) is 22.8. The molecule has 0 aromatic heterocycles. The summed E-state index contributed by atoms with van der Waals surface area (Å²) in [6.07, 6.45) is 6.15. The van der Waals surface area contributed by atoms with Crippen molar-refractivity contribution in [2.24, 2.45) is 5.16 Å². The predicted molar refractivity (Wildman–Crippen MR) is 126 cm³/mol. The van der Waals surface area contributed by atoms with Crippen LogP contribution in [0.2, 0.25) is 0 Å². The van der Waals surface area contributed by atoms with Gasteiger partial charge in [0.05, 0.1) is 4.92 Å². The molecular weight excluding hydrogens is 420 g/mol. The summed E-state index contributed by atoms with van der Waals surface area (Å²) in [5, 5.41) is 15.4. The van der Waals surface area contributed by atoms with Crippen LogP contribution in [-0.4, -0.2) is 22.4 Å². The van der Waals surface area contributed by atoms with E-state index < -0.39 is 5.97 Å². The van der Waals surface area contributed by atoms with E-state index >= 15 is 0 Å². The summed E-state index contributed by atoms with van der Waals surface area (Å²) >= 11 is 0. The van der Waals surface area contributed by atoms with Crippen LogP contribution >= 0.6 is 0 Å². The van der Waals surface area contributed by atoms with Crippen molar-refractivity contribution in [1.29, 1.82) is 0 Å². The Morgan fingerprint density at radius 1 is 1.06 bits per heavy atom. The van der Waals surface area contributed by atoms with Gasteiger partial charge in [0.25, 0.3) is 5.69 Å². The summed E-state index contributed by atoms with van der Waals surface area (Å²) in [6.45, 7) is 5.55. The molecule has 2 aromatic rings. The molecular formula is C26H28N2O5. The van der Waals surface area contributed by atoms with Gasteiger partial charge in [0.1, 0.15) is 5.71 Å². The number of oxime groups is 1. The number of unbranched alkanes of at least 4 members (excludes halogenated alkanes) is 2. The second-order valence-corrected chi connectivity index (χ2v) is 8.96. The first-order valence-electron chi connectivity index (χ1n) is 11.6. The van der Waals surface area contributed by atoms with Crippen LogP contribution < -0.4 is 0 Å². The van der Waals surface area contributed by atoms with E-state index in [1.807, 2.05) is 12.1 Å². The van der Waals surface area contributed by atoms with Gasteiger partial charge >= 0.3 is 5.97 Å². The number of fused-ring (bicyclic) bond motifs is 4. The fourth-order valence-electron chi connectivity index (χ4n) is 5.27. The Kier molecular flexibility index (Phi) is 6.15. The lowest BCUT2D eigenvalue weighted by molar-refractivity contribution is -0.384. The highest BCUT2D eigenvalue weighted by atomic mass is 16.7. The number of nitrogens with zero attached hydrogens (tertiary/aromatic N) is 2. The summed E-state index contributed by atoms with van der Waals surface area (Å²) < 4.78 is 0. The van der Waals surface area contributed by atoms with Crippen molar-refractivity contribution in [1.82, 2.24) is 0 Å². The highest BCUT2D eigenvalue weighted by molar-refractivity contribution is 6.49. The molecule has 0 spiro atoms. The first-order valence-corrected chi connectivity index (χ1v) is 11.6. The lowest BCUT2D eigenvalue weighted by Crippen LogP contribution is -2.25. The number of rotatable bonds is 8. The van der Waals surface area contributed by atoms with Crippen LogP contribution in [0, 0.1) is 10.1 Å². The van der Waals surface area contributed by atoms with E-state index in [0.29, 0.717) is 12.0 Å². The molecule has 2 aliphatic carbocycles. The van der Waals surface area contributed by atoms with Crippen molar-refractivity contribution in [3.63, 3.8) is 0 Å². The zero-order valence-corrected chi connectivity index (χ0v) is 19.3. The largest absolute Gasteiger partial charge is 0.331 e. The molecule has 7 heteroatoms. The van der Waals surface area contributed by atoms with Gasteiger partial charge in [0.15, 0.2) is 0 Å². The lowest BCUT2D eigenvalue weighted by atomic mass is 9.70. The lowest BCUT2D eigenvalue weighted by Gasteiger charge is -2.32. The fraction of sp³-hybridized carbons (Fsp3) is 0.423. The molecule has 0 unspecified atom stereocenters. The van der Waals surface area contributed by atoms with Crippen molar-refractivity contribution in [2.75, 3.05) is 0 Å². The molecule has 0 saturated carbocycles. The third-order valence-corrected chi connectivity index (χ3v) is 6.84. The van der Waals surface area contributed by atoms with Gasteiger partial charge in [0.2, 0.25) is 5.78 Å². The minimum atomic E-state index is -0.567. The Balaban J connectivity index is 1.91. The summed E-state index contributed by atoms with van der Waals surface area (Å²) in [5.74, 6) is -0.806. The smallest absolute Gasteiger partial charge is 0.318 e. The van der Waals surface area contributed by atoms with E-state index in [1.54, 1.807) is 12.1 Å². The zero-order chi connectivity index (χ0) is 23.8. The molecule has 0 heterocycles. The van der Waals surface area contributed by atoms with E-state index in [0.717, 1.165) is 66.3 Å². The van der Waals surface area contributed by atoms with Gasteiger partial charge in [0, 0.05) is 36.5 Å². The second-order valence-electron chi connectivity index (χ2n) is 8.96. The van der Waals surface area contributed by atoms with Gasteiger partial charge in [-0.1, -0.05) is 50.8 Å². The molecule has 0 radical (unpaired) electrons. The minimum absolute atomic E-state index is 0.0957. The van der Waals surface area contributed by atoms with Gasteiger partial charge in [-0.05, 0) is 52.8 Å². The third kappa shape index (κ3) is 3.86. The zero-order valence-electron chi connectivity index (χ0n) is 19.3. The van der Waals surface area contributed by atoms with Gasteiger partial charge < -0.3 is 4.84 Å². The summed E-state index contributed by atoms with van der Waals surface area (Å²) in [6, 6.07) is 9.11. The highest BCUT2D eigenvalue weighted by Crippen LogP contribution is 2.55. The number of nitro groups is 1. The number of Topliss-reactive ketones (excluding diaryl/α,β-unsaturated/α-hetero) is 1. The van der Waals surface area contributed by atoms with Crippen molar-refractivity contribution in [3.05, 3.63) is 62.7 Å². The molecule has 33 heavy (non-hydrogen) atoms. The van der Waals surface area contributed by atoms with Crippen LogP contribution in [-0.2, 0) is 21.5 Å². The molecule has 0 atom stereocenters. The van der Waals surface area contributed by atoms with Crippen LogP contribution in [0.1, 0.15) is 86.3 Å². The Hall–Kier alpha value is -3.35. The maximum absolute atomic E-state index is 13.0. The third-order valence-electron chi connectivity index (χ3n) is 6.84. The molecule has 7 nitrogen and oxygen atoms in total. The molecule has 4 rings (SSSR count). The standard InChI is InChI=1S/C26H28N2O5/c1-4-6-10-26(11-7-5-2)22-12-17-13-24(27-33-16(3)29)25(30)20(17)15-21(22)19-9-8-18(28(31)32)14-23(19)26/h8-9,12,14-15H,4-7,10-11,13H2,1-3H3/b27-24-. The number of carbonyl (C=O) groups is 2. The number of ketones is 1. The van der Waals surface area contributed by atoms with Gasteiger partial charge in [-0.3, -0.25) is 14.9 Å². The molecule has 0 aliphatic heterocycles. The summed E-state index contributed by atoms with van der Waals surface area (Å²) in [4.78, 5) is 40.1. The SMILES string of the molecule is CCCCC1(CCCC)c2cc([N+](=O)[O-])ccc2-c2cc3c(cc21)C/C(=N/OC(C)=O)C3=O. The van der Waals surface area contributed by atoms with Crippen molar-refractivity contribution in [3.8, 4) is 11.1 Å². The molecule has 0 bridgehead atoms. The van der Waals surface area contributed by atoms with Crippen LogP contribution in [0.15, 0.2) is 35.5 Å². The Labute approximate surface area is 193 Å². The number of nitro benzene ring substituents is 1. The van der Waals surface area contributed by atoms with Crippen LogP contribution in [0.25, 0.3) is 11.1 Å². The summed E-state index contributed by atoms with van der Waals surface area (Å²) in [5.41, 5.74) is 5.49. The monoisotopic (exact) mass is 448 g/mol. The van der Waals surface area contributed by atoms with Crippen LogP contribution in [0.3, 0.4) is 0 Å². The predicted octanol–water partition coefficient (Wildman–Crippen LogP) is 5.90. The average Bonchev–Trinajstić information content (AvgIpc) is 3.25. The molecule has 2 aliphatic rings. The van der Waals surface area contributed by atoms with E-state index in [1.165, 1.54) is 6.92 Å². The first-order chi connectivity index (χ1) is 15.8. The quantitative estimate of drug-likeness (QED) is 0.284. The summed E-state index contributed by atoms with van der Waals surface area (Å²) in [7, 11) is 0. The van der Waals surface area contributed by atoms with E-state index in [-0.39, 0.29) is 27.5 Å². The maximum Gasteiger partial charge on any atom is 0.331 e.